The predicted molar refractivity (Wildman–Crippen MR) is 68.2 cm³/mol. The van der Waals surface area contributed by atoms with Crippen LogP contribution in [0.1, 0.15) is 46.5 Å². The van der Waals surface area contributed by atoms with Crippen molar-refractivity contribution in [1.29, 1.82) is 0 Å². The number of Topliss-reactive ketones (excluding diaryl/α,β-unsaturated/α-hetero) is 1. The van der Waals surface area contributed by atoms with Crippen LogP contribution in [0.25, 0.3) is 0 Å². The van der Waals surface area contributed by atoms with Crippen molar-refractivity contribution in [3.63, 3.8) is 0 Å². The maximum atomic E-state index is 11.9. The minimum Gasteiger partial charge on any atom is -0.468 e. The number of hydrogen-bond acceptors (Lipinski definition) is 4. The summed E-state index contributed by atoms with van der Waals surface area (Å²) in [6, 6.07) is 0. The lowest BCUT2D eigenvalue weighted by Gasteiger charge is -2.27. The lowest BCUT2D eigenvalue weighted by Crippen LogP contribution is -2.38. The lowest BCUT2D eigenvalue weighted by atomic mass is 9.87. The van der Waals surface area contributed by atoms with E-state index in [-0.39, 0.29) is 18.5 Å². The lowest BCUT2D eigenvalue weighted by molar-refractivity contribution is -0.158. The number of ketones is 1. The molecule has 0 amide bonds. The summed E-state index contributed by atoms with van der Waals surface area (Å²) in [5.41, 5.74) is -1.11. The van der Waals surface area contributed by atoms with Crippen molar-refractivity contribution < 1.29 is 19.1 Å². The first-order valence-electron chi connectivity index (χ1n) is 6.61. The summed E-state index contributed by atoms with van der Waals surface area (Å²) in [5.74, 6) is 0.0356. The van der Waals surface area contributed by atoms with Crippen LogP contribution in [0, 0.1) is 11.3 Å². The van der Waals surface area contributed by atoms with E-state index in [1.165, 1.54) is 7.11 Å². The van der Waals surface area contributed by atoms with Gasteiger partial charge in [-0.3, -0.25) is 9.59 Å². The summed E-state index contributed by atoms with van der Waals surface area (Å²) in [6.07, 6.45) is 4.48. The van der Waals surface area contributed by atoms with Gasteiger partial charge in [-0.1, -0.05) is 6.92 Å². The van der Waals surface area contributed by atoms with Gasteiger partial charge in [0, 0.05) is 0 Å². The van der Waals surface area contributed by atoms with Gasteiger partial charge in [0.2, 0.25) is 0 Å². The molecule has 0 aromatic carbocycles. The summed E-state index contributed by atoms with van der Waals surface area (Å²) in [7, 11) is 1.29. The topological polar surface area (TPSA) is 52.6 Å². The summed E-state index contributed by atoms with van der Waals surface area (Å²) < 4.78 is 10.2. The number of carbonyl (C=O) groups is 2. The highest BCUT2D eigenvalue weighted by atomic mass is 16.5. The van der Waals surface area contributed by atoms with Crippen LogP contribution in [-0.2, 0) is 19.1 Å². The fourth-order valence-corrected chi connectivity index (χ4v) is 2.14. The molecule has 1 saturated carbocycles. The van der Waals surface area contributed by atoms with Crippen LogP contribution in [0.15, 0.2) is 0 Å². The van der Waals surface area contributed by atoms with E-state index in [4.69, 9.17) is 4.74 Å². The molecule has 18 heavy (non-hydrogen) atoms. The van der Waals surface area contributed by atoms with Crippen molar-refractivity contribution in [2.45, 2.75) is 52.6 Å². The minimum absolute atomic E-state index is 0.00114. The maximum Gasteiger partial charge on any atom is 0.318 e. The first-order chi connectivity index (χ1) is 8.37. The second-order valence-electron chi connectivity index (χ2n) is 5.73. The first kappa shape index (κ1) is 15.2. The maximum absolute atomic E-state index is 11.9. The third kappa shape index (κ3) is 3.80. The van der Waals surface area contributed by atoms with E-state index in [2.05, 4.69) is 11.7 Å². The Morgan fingerprint density at radius 1 is 1.17 bits per heavy atom. The van der Waals surface area contributed by atoms with Crippen molar-refractivity contribution in [2.75, 3.05) is 13.7 Å². The van der Waals surface area contributed by atoms with Gasteiger partial charge >= 0.3 is 5.97 Å². The van der Waals surface area contributed by atoms with Gasteiger partial charge in [-0.2, -0.15) is 0 Å². The molecular formula is C14H24O4. The molecule has 0 spiro atoms. The van der Waals surface area contributed by atoms with Crippen molar-refractivity contribution in [2.24, 2.45) is 11.3 Å². The molecule has 1 rings (SSSR count). The van der Waals surface area contributed by atoms with E-state index >= 15 is 0 Å². The Morgan fingerprint density at radius 2 is 1.72 bits per heavy atom. The number of carbonyl (C=O) groups excluding carboxylic acids is 2. The Hall–Kier alpha value is -0.900. The monoisotopic (exact) mass is 256 g/mol. The van der Waals surface area contributed by atoms with Crippen LogP contribution < -0.4 is 0 Å². The van der Waals surface area contributed by atoms with Crippen LogP contribution in [0.5, 0.6) is 0 Å². The number of hydrogen-bond donors (Lipinski definition) is 0. The number of methoxy groups -OCH3 is 1. The van der Waals surface area contributed by atoms with Gasteiger partial charge in [-0.25, -0.2) is 0 Å². The van der Waals surface area contributed by atoms with Gasteiger partial charge in [0.25, 0.3) is 0 Å². The van der Waals surface area contributed by atoms with E-state index in [0.29, 0.717) is 0 Å². The number of rotatable bonds is 5. The summed E-state index contributed by atoms with van der Waals surface area (Å²) >= 11 is 0. The molecule has 0 unspecified atom stereocenters. The normalized spacial score (nSPS) is 24.7. The number of esters is 1. The molecule has 0 saturated heterocycles. The molecule has 0 bridgehead atoms. The van der Waals surface area contributed by atoms with Crippen molar-refractivity contribution in [3.05, 3.63) is 0 Å². The highest BCUT2D eigenvalue weighted by molar-refractivity contribution is 6.03. The molecule has 4 heteroatoms. The summed E-state index contributed by atoms with van der Waals surface area (Å²) in [6.45, 7) is 5.39. The average Bonchev–Trinajstić information content (AvgIpc) is 2.36. The van der Waals surface area contributed by atoms with Crippen LogP contribution in [-0.4, -0.2) is 31.6 Å². The first-order valence-corrected chi connectivity index (χ1v) is 6.61. The van der Waals surface area contributed by atoms with Crippen molar-refractivity contribution in [3.8, 4) is 0 Å². The molecule has 0 aromatic rings. The summed E-state index contributed by atoms with van der Waals surface area (Å²) in [5, 5.41) is 0. The molecule has 0 N–H and O–H groups in total. The molecule has 1 aliphatic carbocycles. The van der Waals surface area contributed by atoms with Crippen molar-refractivity contribution in [1.82, 2.24) is 0 Å². The zero-order chi connectivity index (χ0) is 13.8. The van der Waals surface area contributed by atoms with Gasteiger partial charge in [0.05, 0.1) is 13.2 Å². The largest absolute Gasteiger partial charge is 0.468 e. The molecule has 104 valence electrons. The molecule has 0 atom stereocenters. The fraction of sp³-hybridized carbons (Fsp3) is 0.857. The van der Waals surface area contributed by atoms with Crippen LogP contribution in [0.3, 0.4) is 0 Å². The molecular weight excluding hydrogens is 232 g/mol. The molecule has 1 aliphatic rings. The molecule has 0 aliphatic heterocycles. The van der Waals surface area contributed by atoms with Gasteiger partial charge in [0.15, 0.2) is 5.78 Å². The predicted octanol–water partition coefficient (Wildman–Crippen LogP) is 2.35. The van der Waals surface area contributed by atoms with Crippen molar-refractivity contribution >= 4 is 11.8 Å². The molecule has 0 heterocycles. The highest BCUT2D eigenvalue weighted by Crippen LogP contribution is 2.26. The number of ether oxygens (including phenoxy) is 2. The smallest absolute Gasteiger partial charge is 0.318 e. The highest BCUT2D eigenvalue weighted by Gasteiger charge is 2.37. The second kappa shape index (κ2) is 6.32. The Balaban J connectivity index is 2.39. The van der Waals surface area contributed by atoms with Gasteiger partial charge in [-0.15, -0.1) is 0 Å². The quantitative estimate of drug-likeness (QED) is 0.559. The SMILES string of the molecule is COC(=O)C(C)(C)C(=O)COC1CCC(C)CC1. The van der Waals surface area contributed by atoms with Crippen LogP contribution in [0.4, 0.5) is 0 Å². The Kier molecular flexibility index (Phi) is 5.32. The van der Waals surface area contributed by atoms with Gasteiger partial charge in [-0.05, 0) is 45.4 Å². The average molecular weight is 256 g/mol. The van der Waals surface area contributed by atoms with E-state index in [1.54, 1.807) is 13.8 Å². The van der Waals surface area contributed by atoms with E-state index in [9.17, 15) is 9.59 Å². The van der Waals surface area contributed by atoms with Gasteiger partial charge < -0.3 is 9.47 Å². The Morgan fingerprint density at radius 3 is 2.22 bits per heavy atom. The van der Waals surface area contributed by atoms with E-state index in [0.717, 1.165) is 31.6 Å². The van der Waals surface area contributed by atoms with Crippen LogP contribution >= 0.6 is 0 Å². The zero-order valence-electron chi connectivity index (χ0n) is 11.8. The fourth-order valence-electron chi connectivity index (χ4n) is 2.14. The van der Waals surface area contributed by atoms with Crippen LogP contribution in [0.2, 0.25) is 0 Å². The van der Waals surface area contributed by atoms with Gasteiger partial charge in [0.1, 0.15) is 12.0 Å². The third-order valence-electron chi connectivity index (χ3n) is 3.81. The Bertz CT molecular complexity index is 301. The Labute approximate surface area is 109 Å². The molecule has 0 radical (unpaired) electrons. The third-order valence-corrected chi connectivity index (χ3v) is 3.81. The second-order valence-corrected chi connectivity index (χ2v) is 5.73. The molecule has 0 aromatic heterocycles. The zero-order valence-corrected chi connectivity index (χ0v) is 11.8. The standard InChI is InChI=1S/C14H24O4/c1-10-5-7-11(8-6-10)18-9-12(15)14(2,3)13(16)17-4/h10-11H,5-9H2,1-4H3. The minimum atomic E-state index is -1.11. The molecule has 1 fully saturated rings. The molecule has 4 nitrogen and oxygen atoms in total. The van der Waals surface area contributed by atoms with E-state index < -0.39 is 11.4 Å². The van der Waals surface area contributed by atoms with E-state index in [1.807, 2.05) is 0 Å². The summed E-state index contributed by atoms with van der Waals surface area (Å²) in [4.78, 5) is 23.4.